The van der Waals surface area contributed by atoms with Gasteiger partial charge in [0.05, 0.1) is 0 Å². The number of thiol groups is 1. The first-order valence-electron chi connectivity index (χ1n) is 3.29. The smallest absolute Gasteiger partial charge is 0.103 e. The van der Waals surface area contributed by atoms with Crippen LogP contribution in [0.1, 0.15) is 11.6 Å². The average molecular weight is 163 g/mol. The van der Waals surface area contributed by atoms with E-state index in [0.29, 0.717) is 0 Å². The van der Waals surface area contributed by atoms with Crippen LogP contribution in [-0.2, 0) is 0 Å². The first kappa shape index (κ1) is 8.19. The van der Waals surface area contributed by atoms with Crippen LogP contribution in [0.25, 0.3) is 0 Å². The quantitative estimate of drug-likeness (QED) is 0.500. The molecule has 1 nitrogen and oxygen atoms in total. The van der Waals surface area contributed by atoms with Crippen LogP contribution in [0.3, 0.4) is 0 Å². The van der Waals surface area contributed by atoms with E-state index in [4.69, 9.17) is 6.42 Å². The van der Waals surface area contributed by atoms with E-state index in [2.05, 4.69) is 23.5 Å². The molecule has 0 fully saturated rings. The van der Waals surface area contributed by atoms with Gasteiger partial charge in [0.25, 0.3) is 0 Å². The summed E-state index contributed by atoms with van der Waals surface area (Å²) in [5, 5.41) is 0. The van der Waals surface area contributed by atoms with Crippen molar-refractivity contribution in [2.45, 2.75) is 6.04 Å². The van der Waals surface area contributed by atoms with Crippen LogP contribution in [0.5, 0.6) is 0 Å². The third kappa shape index (κ3) is 2.01. The highest BCUT2D eigenvalue weighted by molar-refractivity contribution is 7.78. The number of terminal acetylenes is 1. The lowest BCUT2D eigenvalue weighted by Gasteiger charge is -2.07. The van der Waals surface area contributed by atoms with Crippen LogP contribution in [0.2, 0.25) is 0 Å². The molecule has 0 radical (unpaired) electrons. The van der Waals surface area contributed by atoms with Crippen LogP contribution in [0, 0.1) is 12.3 Å². The summed E-state index contributed by atoms with van der Waals surface area (Å²) in [4.78, 5) is 0. The predicted octanol–water partition coefficient (Wildman–Crippen LogP) is 1.80. The number of nitrogens with one attached hydrogen (secondary N) is 1. The summed E-state index contributed by atoms with van der Waals surface area (Å²) in [6.07, 6.45) is 5.25. The highest BCUT2D eigenvalue weighted by Crippen LogP contribution is 2.10. The van der Waals surface area contributed by atoms with Gasteiger partial charge < -0.3 is 0 Å². The summed E-state index contributed by atoms with van der Waals surface area (Å²) >= 11 is 3.91. The van der Waals surface area contributed by atoms with Gasteiger partial charge in [-0.15, -0.1) is 6.42 Å². The van der Waals surface area contributed by atoms with Gasteiger partial charge in [-0.05, 0) is 5.56 Å². The van der Waals surface area contributed by atoms with Crippen LogP contribution in [-0.4, -0.2) is 0 Å². The van der Waals surface area contributed by atoms with Gasteiger partial charge in [0.2, 0.25) is 0 Å². The normalized spacial score (nSPS) is 12.0. The fourth-order valence-corrected chi connectivity index (χ4v) is 1.08. The fraction of sp³-hybridized carbons (Fsp3) is 0.111. The molecule has 1 rings (SSSR count). The molecule has 2 heteroatoms. The minimum atomic E-state index is -0.0977. The molecule has 1 N–H and O–H groups in total. The van der Waals surface area contributed by atoms with Crippen molar-refractivity contribution in [2.75, 3.05) is 0 Å². The van der Waals surface area contributed by atoms with Crippen molar-refractivity contribution in [1.29, 1.82) is 0 Å². The van der Waals surface area contributed by atoms with Crippen molar-refractivity contribution in [1.82, 2.24) is 4.72 Å². The molecule has 0 saturated carbocycles. The Morgan fingerprint density at radius 3 is 2.45 bits per heavy atom. The van der Waals surface area contributed by atoms with E-state index < -0.39 is 0 Å². The number of hydrogen-bond acceptors (Lipinski definition) is 2. The van der Waals surface area contributed by atoms with Crippen molar-refractivity contribution in [3.63, 3.8) is 0 Å². The maximum atomic E-state index is 5.25. The zero-order valence-corrected chi connectivity index (χ0v) is 6.88. The largest absolute Gasteiger partial charge is 0.248 e. The highest BCUT2D eigenvalue weighted by atomic mass is 32.1. The van der Waals surface area contributed by atoms with Crippen LogP contribution >= 0.6 is 12.8 Å². The first-order valence-corrected chi connectivity index (χ1v) is 3.74. The Labute approximate surface area is 72.4 Å². The highest BCUT2D eigenvalue weighted by Gasteiger charge is 2.02. The molecule has 56 valence electrons. The molecule has 0 aromatic heterocycles. The molecule has 0 aliphatic rings. The number of rotatable bonds is 2. The number of benzene rings is 1. The molecular formula is C9H9NS. The van der Waals surface area contributed by atoms with Crippen LogP contribution < -0.4 is 4.72 Å². The minimum absolute atomic E-state index is 0.0977. The number of hydrogen-bond donors (Lipinski definition) is 2. The van der Waals surface area contributed by atoms with Crippen LogP contribution in [0.4, 0.5) is 0 Å². The van der Waals surface area contributed by atoms with Gasteiger partial charge in [-0.3, -0.25) is 0 Å². The minimum Gasteiger partial charge on any atom is -0.248 e. The fourth-order valence-electron chi connectivity index (χ4n) is 0.854. The second-order valence-electron chi connectivity index (χ2n) is 2.14. The molecule has 11 heavy (non-hydrogen) atoms. The van der Waals surface area contributed by atoms with Gasteiger partial charge in [-0.2, -0.15) is 0 Å². The van der Waals surface area contributed by atoms with Gasteiger partial charge >= 0.3 is 0 Å². The Kier molecular flexibility index (Phi) is 3.03. The maximum absolute atomic E-state index is 5.25. The zero-order chi connectivity index (χ0) is 8.10. The van der Waals surface area contributed by atoms with Crippen molar-refractivity contribution < 1.29 is 0 Å². The third-order valence-corrected chi connectivity index (χ3v) is 1.69. The van der Waals surface area contributed by atoms with E-state index in [9.17, 15) is 0 Å². The van der Waals surface area contributed by atoms with Crippen molar-refractivity contribution in [2.24, 2.45) is 0 Å². The van der Waals surface area contributed by atoms with E-state index in [1.165, 1.54) is 0 Å². The van der Waals surface area contributed by atoms with Crippen LogP contribution in [0.15, 0.2) is 30.3 Å². The Bertz CT molecular complexity index is 250. The Balaban J connectivity index is 2.85. The van der Waals surface area contributed by atoms with Crippen molar-refractivity contribution >= 4 is 12.8 Å². The molecule has 0 amide bonds. The molecule has 1 aromatic carbocycles. The van der Waals surface area contributed by atoms with Gasteiger partial charge in [0.1, 0.15) is 6.04 Å². The summed E-state index contributed by atoms with van der Waals surface area (Å²) in [7, 11) is 0. The lowest BCUT2D eigenvalue weighted by atomic mass is 10.1. The van der Waals surface area contributed by atoms with Crippen molar-refractivity contribution in [3.05, 3.63) is 35.9 Å². The van der Waals surface area contributed by atoms with E-state index >= 15 is 0 Å². The summed E-state index contributed by atoms with van der Waals surface area (Å²) in [6, 6.07) is 9.69. The van der Waals surface area contributed by atoms with Gasteiger partial charge in [0.15, 0.2) is 0 Å². The monoisotopic (exact) mass is 163 g/mol. The lowest BCUT2D eigenvalue weighted by Crippen LogP contribution is -2.08. The predicted molar refractivity (Wildman–Crippen MR) is 50.1 cm³/mol. The molecule has 0 spiro atoms. The zero-order valence-electron chi connectivity index (χ0n) is 5.99. The maximum Gasteiger partial charge on any atom is 0.103 e. The second-order valence-corrected chi connectivity index (χ2v) is 2.40. The lowest BCUT2D eigenvalue weighted by molar-refractivity contribution is 0.873. The molecule has 1 aromatic rings. The molecule has 0 saturated heterocycles. The Hall–Kier alpha value is -0.910. The summed E-state index contributed by atoms with van der Waals surface area (Å²) in [5.74, 6) is 2.58. The van der Waals surface area contributed by atoms with Crippen molar-refractivity contribution in [3.8, 4) is 12.3 Å². The summed E-state index contributed by atoms with van der Waals surface area (Å²) in [6.45, 7) is 0. The second kappa shape index (κ2) is 4.07. The first-order chi connectivity index (χ1) is 5.38. The molecule has 0 aliphatic heterocycles. The van der Waals surface area contributed by atoms with E-state index in [1.54, 1.807) is 0 Å². The van der Waals surface area contributed by atoms with Gasteiger partial charge in [0, 0.05) is 0 Å². The summed E-state index contributed by atoms with van der Waals surface area (Å²) in [5.41, 5.74) is 1.06. The topological polar surface area (TPSA) is 12.0 Å². The van der Waals surface area contributed by atoms with E-state index in [0.717, 1.165) is 5.56 Å². The molecular weight excluding hydrogens is 154 g/mol. The Morgan fingerprint density at radius 2 is 2.00 bits per heavy atom. The molecule has 0 bridgehead atoms. The molecule has 1 atom stereocenters. The summed E-state index contributed by atoms with van der Waals surface area (Å²) < 4.78 is 2.73. The average Bonchev–Trinajstić information content (AvgIpc) is 2.09. The van der Waals surface area contributed by atoms with Gasteiger partial charge in [-0.25, -0.2) is 4.72 Å². The molecule has 0 unspecified atom stereocenters. The molecule has 0 heterocycles. The van der Waals surface area contributed by atoms with E-state index in [1.807, 2.05) is 30.3 Å². The molecule has 0 aliphatic carbocycles. The Morgan fingerprint density at radius 1 is 1.36 bits per heavy atom. The van der Waals surface area contributed by atoms with Gasteiger partial charge in [-0.1, -0.05) is 49.1 Å². The SMILES string of the molecule is C#C[C@H](NS)c1ccccc1. The van der Waals surface area contributed by atoms with E-state index in [-0.39, 0.29) is 6.04 Å². The third-order valence-electron chi connectivity index (χ3n) is 1.43. The standard InChI is InChI=1S/C9H9NS/c1-2-9(10-11)8-6-4-3-5-7-8/h1,3-7,9-11H/t9-/m0/s1.